The zero-order valence-electron chi connectivity index (χ0n) is 10.9. The summed E-state index contributed by atoms with van der Waals surface area (Å²) in [6.07, 6.45) is 6.64. The second-order valence-corrected chi connectivity index (χ2v) is 5.21. The molecule has 3 nitrogen and oxygen atoms in total. The molecule has 0 bridgehead atoms. The molecule has 0 heterocycles. The van der Waals surface area contributed by atoms with Crippen molar-refractivity contribution in [3.63, 3.8) is 0 Å². The highest BCUT2D eigenvalue weighted by Crippen LogP contribution is 2.22. The van der Waals surface area contributed by atoms with E-state index in [0.29, 0.717) is 11.6 Å². The Balaban J connectivity index is 1.93. The van der Waals surface area contributed by atoms with Crippen molar-refractivity contribution in [2.45, 2.75) is 44.7 Å². The SMILES string of the molecule is CN(Cc1ccc(C(=O)O)cc1)C1CCCCC1. The summed E-state index contributed by atoms with van der Waals surface area (Å²) in [6.45, 7) is 0.907. The van der Waals surface area contributed by atoms with E-state index in [1.807, 2.05) is 12.1 Å². The zero-order valence-corrected chi connectivity index (χ0v) is 10.9. The van der Waals surface area contributed by atoms with Gasteiger partial charge in [-0.2, -0.15) is 0 Å². The lowest BCUT2D eigenvalue weighted by Crippen LogP contribution is -2.32. The van der Waals surface area contributed by atoms with Gasteiger partial charge in [0.15, 0.2) is 0 Å². The van der Waals surface area contributed by atoms with Crippen LogP contribution in [0.2, 0.25) is 0 Å². The third-order valence-electron chi connectivity index (χ3n) is 3.83. The fourth-order valence-corrected chi connectivity index (χ4v) is 2.69. The van der Waals surface area contributed by atoms with Crippen LogP contribution in [0.25, 0.3) is 0 Å². The third-order valence-corrected chi connectivity index (χ3v) is 3.83. The maximum atomic E-state index is 10.8. The largest absolute Gasteiger partial charge is 0.478 e. The molecule has 1 aliphatic carbocycles. The van der Waals surface area contributed by atoms with Gasteiger partial charge in [0.2, 0.25) is 0 Å². The minimum absolute atomic E-state index is 0.360. The fourth-order valence-electron chi connectivity index (χ4n) is 2.69. The van der Waals surface area contributed by atoms with Crippen molar-refractivity contribution >= 4 is 5.97 Å². The lowest BCUT2D eigenvalue weighted by atomic mass is 9.94. The molecule has 1 saturated carbocycles. The van der Waals surface area contributed by atoms with Crippen molar-refractivity contribution in [3.8, 4) is 0 Å². The highest BCUT2D eigenvalue weighted by atomic mass is 16.4. The van der Waals surface area contributed by atoms with Crippen LogP contribution in [-0.4, -0.2) is 29.1 Å². The molecule has 3 heteroatoms. The molecule has 0 radical (unpaired) electrons. The van der Waals surface area contributed by atoms with Crippen LogP contribution in [0.1, 0.15) is 48.0 Å². The zero-order chi connectivity index (χ0) is 13.0. The molecule has 2 rings (SSSR count). The first-order chi connectivity index (χ1) is 8.66. The Morgan fingerprint density at radius 3 is 2.39 bits per heavy atom. The van der Waals surface area contributed by atoms with E-state index in [2.05, 4.69) is 11.9 Å². The summed E-state index contributed by atoms with van der Waals surface area (Å²) in [5.41, 5.74) is 1.55. The molecule has 1 fully saturated rings. The van der Waals surface area contributed by atoms with E-state index in [0.717, 1.165) is 6.54 Å². The average Bonchev–Trinajstić information content (AvgIpc) is 2.40. The molecule has 0 spiro atoms. The monoisotopic (exact) mass is 247 g/mol. The standard InChI is InChI=1S/C15H21NO2/c1-16(14-5-3-2-4-6-14)11-12-7-9-13(10-8-12)15(17)18/h7-10,14H,2-6,11H2,1H3,(H,17,18). The Hall–Kier alpha value is -1.35. The van der Waals surface area contributed by atoms with Crippen LogP contribution in [0.15, 0.2) is 24.3 Å². The topological polar surface area (TPSA) is 40.5 Å². The highest BCUT2D eigenvalue weighted by molar-refractivity contribution is 5.87. The van der Waals surface area contributed by atoms with Gasteiger partial charge in [0.25, 0.3) is 0 Å². The molecule has 0 amide bonds. The summed E-state index contributed by atoms with van der Waals surface area (Å²) in [6, 6.07) is 7.91. The Labute approximate surface area is 108 Å². The van der Waals surface area contributed by atoms with Gasteiger partial charge >= 0.3 is 5.97 Å². The molecule has 0 aromatic heterocycles. The average molecular weight is 247 g/mol. The van der Waals surface area contributed by atoms with E-state index in [1.165, 1.54) is 37.7 Å². The Kier molecular flexibility index (Phi) is 4.37. The number of hydrogen-bond acceptors (Lipinski definition) is 2. The van der Waals surface area contributed by atoms with E-state index in [1.54, 1.807) is 12.1 Å². The first-order valence-corrected chi connectivity index (χ1v) is 6.69. The number of aromatic carboxylic acids is 1. The number of hydrogen-bond donors (Lipinski definition) is 1. The van der Waals surface area contributed by atoms with Gasteiger partial charge in [-0.15, -0.1) is 0 Å². The third kappa shape index (κ3) is 3.33. The van der Waals surface area contributed by atoms with Crippen molar-refractivity contribution in [3.05, 3.63) is 35.4 Å². The quantitative estimate of drug-likeness (QED) is 0.888. The van der Waals surface area contributed by atoms with Crippen LogP contribution in [0, 0.1) is 0 Å². The molecular weight excluding hydrogens is 226 g/mol. The fraction of sp³-hybridized carbons (Fsp3) is 0.533. The second-order valence-electron chi connectivity index (χ2n) is 5.21. The summed E-state index contributed by atoms with van der Waals surface area (Å²) in [5.74, 6) is -0.859. The van der Waals surface area contributed by atoms with Gasteiger partial charge in [-0.3, -0.25) is 4.90 Å². The predicted octanol–water partition coefficient (Wildman–Crippen LogP) is 3.15. The van der Waals surface area contributed by atoms with E-state index in [4.69, 9.17) is 5.11 Å². The van der Waals surface area contributed by atoms with Gasteiger partial charge in [0.1, 0.15) is 0 Å². The molecule has 1 aromatic rings. The van der Waals surface area contributed by atoms with Crippen LogP contribution in [0.4, 0.5) is 0 Å². The summed E-state index contributed by atoms with van der Waals surface area (Å²) >= 11 is 0. The summed E-state index contributed by atoms with van der Waals surface area (Å²) < 4.78 is 0. The number of benzene rings is 1. The molecular formula is C15H21NO2. The number of carbonyl (C=O) groups is 1. The minimum Gasteiger partial charge on any atom is -0.478 e. The lowest BCUT2D eigenvalue weighted by molar-refractivity contribution is 0.0697. The van der Waals surface area contributed by atoms with E-state index in [-0.39, 0.29) is 0 Å². The normalized spacial score (nSPS) is 17.0. The molecule has 0 saturated heterocycles. The molecule has 0 aliphatic heterocycles. The molecule has 1 aliphatic rings. The predicted molar refractivity (Wildman–Crippen MR) is 71.7 cm³/mol. The van der Waals surface area contributed by atoms with Crippen molar-refractivity contribution < 1.29 is 9.90 Å². The second kappa shape index (κ2) is 6.01. The van der Waals surface area contributed by atoms with E-state index >= 15 is 0 Å². The Bertz CT molecular complexity index is 393. The molecule has 0 atom stereocenters. The van der Waals surface area contributed by atoms with Gasteiger partial charge in [0.05, 0.1) is 5.56 Å². The van der Waals surface area contributed by atoms with Crippen LogP contribution in [0.3, 0.4) is 0 Å². The summed E-state index contributed by atoms with van der Waals surface area (Å²) in [5, 5.41) is 8.85. The van der Waals surface area contributed by atoms with Crippen LogP contribution in [0.5, 0.6) is 0 Å². The molecule has 1 aromatic carbocycles. The molecule has 0 unspecified atom stereocenters. The Morgan fingerprint density at radius 1 is 1.22 bits per heavy atom. The lowest BCUT2D eigenvalue weighted by Gasteiger charge is -2.31. The minimum atomic E-state index is -0.859. The van der Waals surface area contributed by atoms with Gasteiger partial charge in [-0.1, -0.05) is 31.4 Å². The van der Waals surface area contributed by atoms with Crippen LogP contribution >= 0.6 is 0 Å². The van der Waals surface area contributed by atoms with Crippen molar-refractivity contribution in [2.75, 3.05) is 7.05 Å². The van der Waals surface area contributed by atoms with E-state index in [9.17, 15) is 4.79 Å². The molecule has 18 heavy (non-hydrogen) atoms. The van der Waals surface area contributed by atoms with Crippen molar-refractivity contribution in [1.29, 1.82) is 0 Å². The number of rotatable bonds is 4. The van der Waals surface area contributed by atoms with Gasteiger partial charge < -0.3 is 5.11 Å². The maximum Gasteiger partial charge on any atom is 0.335 e. The molecule has 1 N–H and O–H groups in total. The van der Waals surface area contributed by atoms with Gasteiger partial charge in [0, 0.05) is 12.6 Å². The highest BCUT2D eigenvalue weighted by Gasteiger charge is 2.17. The van der Waals surface area contributed by atoms with Crippen LogP contribution < -0.4 is 0 Å². The number of carboxylic acids is 1. The number of nitrogens with zero attached hydrogens (tertiary/aromatic N) is 1. The first-order valence-electron chi connectivity index (χ1n) is 6.69. The van der Waals surface area contributed by atoms with E-state index < -0.39 is 5.97 Å². The van der Waals surface area contributed by atoms with Crippen molar-refractivity contribution in [2.24, 2.45) is 0 Å². The maximum absolute atomic E-state index is 10.8. The number of carboxylic acid groups (broad SMARTS) is 1. The van der Waals surface area contributed by atoms with Crippen LogP contribution in [-0.2, 0) is 6.54 Å². The smallest absolute Gasteiger partial charge is 0.335 e. The van der Waals surface area contributed by atoms with Gasteiger partial charge in [-0.25, -0.2) is 4.79 Å². The first kappa shape index (κ1) is 13.1. The summed E-state index contributed by atoms with van der Waals surface area (Å²) in [7, 11) is 2.17. The summed E-state index contributed by atoms with van der Waals surface area (Å²) in [4.78, 5) is 13.2. The Morgan fingerprint density at radius 2 is 1.83 bits per heavy atom. The molecule has 98 valence electrons. The van der Waals surface area contributed by atoms with Gasteiger partial charge in [-0.05, 0) is 37.6 Å². The van der Waals surface area contributed by atoms with Crippen molar-refractivity contribution in [1.82, 2.24) is 4.90 Å².